The summed E-state index contributed by atoms with van der Waals surface area (Å²) in [7, 11) is 0. The second-order valence-corrected chi connectivity index (χ2v) is 9.57. The highest BCUT2D eigenvalue weighted by Crippen LogP contribution is 2.35. The molecular formula is C27H36O2. The minimum Gasteiger partial charge on any atom is -0.396 e. The van der Waals surface area contributed by atoms with Gasteiger partial charge in [0.05, 0.1) is 13.2 Å². The molecule has 2 fully saturated rings. The Hall–Kier alpha value is -1.64. The van der Waals surface area contributed by atoms with Crippen LogP contribution in [0.3, 0.4) is 0 Å². The predicted molar refractivity (Wildman–Crippen MR) is 120 cm³/mol. The van der Waals surface area contributed by atoms with Gasteiger partial charge >= 0.3 is 0 Å². The van der Waals surface area contributed by atoms with Crippen LogP contribution in [0.1, 0.15) is 74.5 Å². The lowest BCUT2D eigenvalue weighted by atomic mass is 9.81. The minimum absolute atomic E-state index is 0.259. The van der Waals surface area contributed by atoms with Gasteiger partial charge in [0.15, 0.2) is 0 Å². The zero-order valence-corrected chi connectivity index (χ0v) is 18.0. The van der Waals surface area contributed by atoms with E-state index < -0.39 is 0 Å². The highest BCUT2D eigenvalue weighted by molar-refractivity contribution is 5.65. The zero-order valence-electron chi connectivity index (χ0n) is 18.0. The normalized spacial score (nSPS) is 19.1. The van der Waals surface area contributed by atoms with E-state index in [0.717, 1.165) is 38.4 Å². The van der Waals surface area contributed by atoms with Crippen LogP contribution < -0.4 is 0 Å². The van der Waals surface area contributed by atoms with Gasteiger partial charge in [-0.05, 0) is 72.3 Å². The van der Waals surface area contributed by atoms with Gasteiger partial charge < -0.3 is 9.84 Å². The Morgan fingerprint density at radius 3 is 2.28 bits per heavy atom. The Bertz CT molecular complexity index is 783. The standard InChI is InChI=1S/C27H36O2/c1-27(19-29-20-27)16-15-26-18-25(14-13-22(26)8-5-17-28)24-11-9-23(10-12-24)21-6-3-2-4-7-21/h9-14,18,21,28H,2-8,15-17,19-20H2,1H3. The van der Waals surface area contributed by atoms with Gasteiger partial charge in [0.25, 0.3) is 0 Å². The van der Waals surface area contributed by atoms with Crippen molar-refractivity contribution in [3.8, 4) is 11.1 Å². The summed E-state index contributed by atoms with van der Waals surface area (Å²) in [5, 5.41) is 9.27. The SMILES string of the molecule is CC1(CCc2cc(-c3ccc(C4CCCCC4)cc3)ccc2CCCO)COC1. The highest BCUT2D eigenvalue weighted by atomic mass is 16.5. The van der Waals surface area contributed by atoms with Crippen molar-refractivity contribution in [2.24, 2.45) is 5.41 Å². The molecule has 2 aliphatic rings. The molecule has 156 valence electrons. The van der Waals surface area contributed by atoms with Crippen molar-refractivity contribution in [1.82, 2.24) is 0 Å². The first-order valence-electron chi connectivity index (χ1n) is 11.6. The summed E-state index contributed by atoms with van der Waals surface area (Å²) in [5.74, 6) is 0.764. The van der Waals surface area contributed by atoms with Gasteiger partial charge in [-0.15, -0.1) is 0 Å². The minimum atomic E-state index is 0.259. The molecule has 0 spiro atoms. The molecule has 0 aromatic heterocycles. The maximum atomic E-state index is 9.27. The van der Waals surface area contributed by atoms with Crippen LogP contribution in [0.4, 0.5) is 0 Å². The molecule has 2 aromatic carbocycles. The van der Waals surface area contributed by atoms with Crippen LogP contribution in [0.2, 0.25) is 0 Å². The number of rotatable bonds is 8. The van der Waals surface area contributed by atoms with Crippen LogP contribution in [-0.4, -0.2) is 24.9 Å². The van der Waals surface area contributed by atoms with Gasteiger partial charge in [0, 0.05) is 12.0 Å². The van der Waals surface area contributed by atoms with E-state index in [1.165, 1.54) is 66.3 Å². The number of aliphatic hydroxyl groups is 1. The largest absolute Gasteiger partial charge is 0.396 e. The zero-order chi connectivity index (χ0) is 20.1. The third kappa shape index (κ3) is 5.10. The number of aryl methyl sites for hydroxylation is 2. The van der Waals surface area contributed by atoms with Crippen molar-refractivity contribution in [3.05, 3.63) is 59.2 Å². The highest BCUT2D eigenvalue weighted by Gasteiger charge is 2.32. The lowest BCUT2D eigenvalue weighted by Gasteiger charge is -2.38. The monoisotopic (exact) mass is 392 g/mol. The van der Waals surface area contributed by atoms with Gasteiger partial charge in [0.2, 0.25) is 0 Å². The summed E-state index contributed by atoms with van der Waals surface area (Å²) < 4.78 is 5.44. The molecule has 0 amide bonds. The maximum Gasteiger partial charge on any atom is 0.0542 e. The average molecular weight is 393 g/mol. The van der Waals surface area contributed by atoms with Crippen LogP contribution in [0.15, 0.2) is 42.5 Å². The van der Waals surface area contributed by atoms with Crippen molar-refractivity contribution in [1.29, 1.82) is 0 Å². The van der Waals surface area contributed by atoms with E-state index in [-0.39, 0.29) is 6.61 Å². The first-order valence-corrected chi connectivity index (χ1v) is 11.6. The Kier molecular flexibility index (Phi) is 6.72. The fourth-order valence-corrected chi connectivity index (χ4v) is 4.97. The third-order valence-corrected chi connectivity index (χ3v) is 7.03. The summed E-state index contributed by atoms with van der Waals surface area (Å²) in [5.41, 5.74) is 7.33. The Morgan fingerprint density at radius 2 is 1.62 bits per heavy atom. The smallest absolute Gasteiger partial charge is 0.0542 e. The van der Waals surface area contributed by atoms with Crippen LogP contribution >= 0.6 is 0 Å². The molecule has 1 saturated heterocycles. The Balaban J connectivity index is 1.52. The number of ether oxygens (including phenoxy) is 1. The number of aliphatic hydroxyl groups excluding tert-OH is 1. The molecule has 0 radical (unpaired) electrons. The lowest BCUT2D eigenvalue weighted by Crippen LogP contribution is -2.40. The first kappa shape index (κ1) is 20.6. The molecular weight excluding hydrogens is 356 g/mol. The van der Waals surface area contributed by atoms with Crippen molar-refractivity contribution < 1.29 is 9.84 Å². The fraction of sp³-hybridized carbons (Fsp3) is 0.556. The van der Waals surface area contributed by atoms with Crippen molar-refractivity contribution in [2.45, 2.75) is 70.6 Å². The molecule has 0 bridgehead atoms. The molecule has 4 rings (SSSR count). The summed E-state index contributed by atoms with van der Waals surface area (Å²) >= 11 is 0. The van der Waals surface area contributed by atoms with Crippen LogP contribution in [0, 0.1) is 5.41 Å². The van der Waals surface area contributed by atoms with E-state index >= 15 is 0 Å². The van der Waals surface area contributed by atoms with Crippen molar-refractivity contribution in [2.75, 3.05) is 19.8 Å². The second kappa shape index (κ2) is 9.45. The first-order chi connectivity index (χ1) is 14.2. The molecule has 29 heavy (non-hydrogen) atoms. The van der Waals surface area contributed by atoms with Crippen LogP contribution in [0.5, 0.6) is 0 Å². The van der Waals surface area contributed by atoms with E-state index in [9.17, 15) is 5.11 Å². The molecule has 2 aromatic rings. The molecule has 1 heterocycles. The van der Waals surface area contributed by atoms with E-state index in [4.69, 9.17) is 4.74 Å². The molecule has 1 aliphatic heterocycles. The maximum absolute atomic E-state index is 9.27. The molecule has 2 heteroatoms. The van der Waals surface area contributed by atoms with Gasteiger partial charge in [-0.1, -0.05) is 68.7 Å². The van der Waals surface area contributed by atoms with Crippen molar-refractivity contribution in [3.63, 3.8) is 0 Å². The lowest BCUT2D eigenvalue weighted by molar-refractivity contribution is -0.105. The summed E-state index contributed by atoms with van der Waals surface area (Å²) in [4.78, 5) is 0. The fourth-order valence-electron chi connectivity index (χ4n) is 4.97. The molecule has 1 N–H and O–H groups in total. The summed E-state index contributed by atoms with van der Waals surface area (Å²) in [6.45, 7) is 4.37. The molecule has 1 saturated carbocycles. The molecule has 0 unspecified atom stereocenters. The molecule has 2 nitrogen and oxygen atoms in total. The molecule has 1 aliphatic carbocycles. The van der Waals surface area contributed by atoms with Gasteiger partial charge in [-0.3, -0.25) is 0 Å². The third-order valence-electron chi connectivity index (χ3n) is 7.03. The average Bonchev–Trinajstić information content (AvgIpc) is 2.76. The van der Waals surface area contributed by atoms with Gasteiger partial charge in [0.1, 0.15) is 0 Å². The molecule has 0 atom stereocenters. The summed E-state index contributed by atoms with van der Waals surface area (Å²) in [6.07, 6.45) is 10.9. The second-order valence-electron chi connectivity index (χ2n) is 9.57. The van der Waals surface area contributed by atoms with Crippen LogP contribution in [-0.2, 0) is 17.6 Å². The Morgan fingerprint density at radius 1 is 0.897 bits per heavy atom. The van der Waals surface area contributed by atoms with E-state index in [1.54, 1.807) is 0 Å². The number of hydrogen-bond donors (Lipinski definition) is 1. The van der Waals surface area contributed by atoms with E-state index in [0.29, 0.717) is 5.41 Å². The van der Waals surface area contributed by atoms with Crippen LogP contribution in [0.25, 0.3) is 11.1 Å². The predicted octanol–water partition coefficient (Wildman–Crippen LogP) is 6.30. The van der Waals surface area contributed by atoms with E-state index in [2.05, 4.69) is 49.4 Å². The Labute approximate surface area is 176 Å². The van der Waals surface area contributed by atoms with Gasteiger partial charge in [-0.25, -0.2) is 0 Å². The topological polar surface area (TPSA) is 29.5 Å². The van der Waals surface area contributed by atoms with Crippen molar-refractivity contribution >= 4 is 0 Å². The van der Waals surface area contributed by atoms with Gasteiger partial charge in [-0.2, -0.15) is 0 Å². The van der Waals surface area contributed by atoms with E-state index in [1.807, 2.05) is 0 Å². The number of benzene rings is 2. The summed E-state index contributed by atoms with van der Waals surface area (Å²) in [6, 6.07) is 16.3. The quantitative estimate of drug-likeness (QED) is 0.571. The number of hydrogen-bond acceptors (Lipinski definition) is 2.